The second-order valence-corrected chi connectivity index (χ2v) is 21.0. The van der Waals surface area contributed by atoms with E-state index in [0.717, 1.165) is 0 Å². The summed E-state index contributed by atoms with van der Waals surface area (Å²) in [5.74, 6) is -0.0954. The van der Waals surface area contributed by atoms with Crippen LogP contribution in [0.4, 0.5) is 5.69 Å². The van der Waals surface area contributed by atoms with Crippen LogP contribution < -0.4 is 10.4 Å². The number of aromatic nitrogens is 2. The van der Waals surface area contributed by atoms with Gasteiger partial charge in [-0.3, -0.25) is 14.7 Å². The van der Waals surface area contributed by atoms with Gasteiger partial charge in [-0.25, -0.2) is 4.79 Å². The Balaban J connectivity index is 1.70. The van der Waals surface area contributed by atoms with Gasteiger partial charge in [0, 0.05) is 25.4 Å². The Hall–Kier alpha value is -2.47. The number of nitro benzene ring substituents is 1. The van der Waals surface area contributed by atoms with Gasteiger partial charge in [-0.05, 0) is 28.2 Å². The lowest BCUT2D eigenvalue weighted by Gasteiger charge is -2.51. The van der Waals surface area contributed by atoms with Crippen LogP contribution in [-0.4, -0.2) is 63.6 Å². The number of hydrogen-bond acceptors (Lipinski definition) is 10. The van der Waals surface area contributed by atoms with Crippen molar-refractivity contribution >= 4 is 22.8 Å². The quantitative estimate of drug-likeness (QED) is 0.192. The van der Waals surface area contributed by atoms with Gasteiger partial charge < -0.3 is 27.2 Å². The van der Waals surface area contributed by atoms with E-state index in [1.165, 1.54) is 35.0 Å². The van der Waals surface area contributed by atoms with Crippen LogP contribution in [0.2, 0.25) is 22.2 Å². The molecule has 2 aromatic rings. The van der Waals surface area contributed by atoms with Crippen LogP contribution in [0, 0.1) is 10.1 Å². The summed E-state index contributed by atoms with van der Waals surface area (Å²) in [5.41, 5.74) is -0.307. The summed E-state index contributed by atoms with van der Waals surface area (Å²) in [7, 11) is -4.15. The Kier molecular flexibility index (Phi) is 9.77. The second kappa shape index (κ2) is 12.6. The third kappa shape index (κ3) is 5.85. The van der Waals surface area contributed by atoms with E-state index in [2.05, 4.69) is 60.4 Å². The third-order valence-electron chi connectivity index (χ3n) is 8.24. The predicted molar refractivity (Wildman–Crippen MR) is 160 cm³/mol. The summed E-state index contributed by atoms with van der Waals surface area (Å²) >= 11 is 0. The third-order valence-corrected chi connectivity index (χ3v) is 18.5. The second-order valence-electron chi connectivity index (χ2n) is 12.1. The molecule has 4 atom stereocenters. The van der Waals surface area contributed by atoms with Gasteiger partial charge in [0.25, 0.3) is 0 Å². The molecule has 2 aliphatic rings. The van der Waals surface area contributed by atoms with Gasteiger partial charge in [0.1, 0.15) is 18.3 Å². The SMILES string of the molecule is CO[C@@H]1[C@@H]2O[Si](C(C)C)(C(C)C)O[Si](C(C)C)(C(C)C)OC[C@H]2O[C@H]1n1ccc(Oc2ccccc2[N+](=O)[O-])nc1=O. The molecule has 0 unspecified atom stereocenters. The monoisotopic (exact) mass is 621 g/mol. The summed E-state index contributed by atoms with van der Waals surface area (Å²) in [5, 5.41) is 11.4. The molecule has 0 radical (unpaired) electrons. The molecule has 2 fully saturated rings. The predicted octanol–water partition coefficient (Wildman–Crippen LogP) is 5.81. The van der Waals surface area contributed by atoms with E-state index in [-0.39, 0.29) is 46.1 Å². The number of nitrogens with zero attached hydrogens (tertiary/aromatic N) is 3. The van der Waals surface area contributed by atoms with Gasteiger partial charge in [-0.15, -0.1) is 0 Å². The van der Waals surface area contributed by atoms with Crippen molar-refractivity contribution in [1.29, 1.82) is 0 Å². The number of ether oxygens (including phenoxy) is 3. The van der Waals surface area contributed by atoms with Crippen LogP contribution in [-0.2, 0) is 22.4 Å². The Morgan fingerprint density at radius 3 is 2.17 bits per heavy atom. The standard InChI is InChI=1S/C28H43N3O9Si2/c1-17(2)41(18(3)4)36-16-23-25(39-42(40-41,19(5)6)20(7)8)26(35-9)27(38-23)30-15-14-24(29-28(30)32)37-22-13-11-10-12-21(22)31(33)34/h10-15,17-20,23,25-27H,16H2,1-9H3/t23-,25-,26-,27-/m1/s1. The average Bonchev–Trinajstić information content (AvgIpc) is 3.24. The largest absolute Gasteiger partial charge is 0.432 e. The van der Waals surface area contributed by atoms with Crippen molar-refractivity contribution in [3.8, 4) is 11.6 Å². The van der Waals surface area contributed by atoms with Gasteiger partial charge in [0.2, 0.25) is 11.6 Å². The number of rotatable bonds is 9. The van der Waals surface area contributed by atoms with Gasteiger partial charge in [-0.2, -0.15) is 4.98 Å². The van der Waals surface area contributed by atoms with Crippen LogP contribution >= 0.6 is 0 Å². The highest BCUT2D eigenvalue weighted by Crippen LogP contribution is 2.48. The topological polar surface area (TPSA) is 133 Å². The van der Waals surface area contributed by atoms with Crippen LogP contribution in [0.5, 0.6) is 11.6 Å². The minimum atomic E-state index is -2.94. The van der Waals surface area contributed by atoms with Crippen molar-refractivity contribution in [2.24, 2.45) is 0 Å². The molecule has 14 heteroatoms. The molecule has 0 N–H and O–H groups in total. The average molecular weight is 622 g/mol. The molecule has 0 saturated carbocycles. The zero-order chi connectivity index (χ0) is 31.0. The van der Waals surface area contributed by atoms with Crippen molar-refractivity contribution in [2.45, 2.75) is 102 Å². The highest BCUT2D eigenvalue weighted by Gasteiger charge is 2.62. The molecule has 0 aliphatic carbocycles. The number of benzene rings is 1. The summed E-state index contributed by atoms with van der Waals surface area (Å²) in [6.07, 6.45) is -1.07. The molecule has 232 valence electrons. The molecule has 2 saturated heterocycles. The smallest absolute Gasteiger partial charge is 0.353 e. The lowest BCUT2D eigenvalue weighted by atomic mass is 10.1. The first-order chi connectivity index (χ1) is 19.8. The number of hydrogen-bond donors (Lipinski definition) is 0. The van der Waals surface area contributed by atoms with E-state index in [1.54, 1.807) is 13.2 Å². The van der Waals surface area contributed by atoms with E-state index in [4.69, 9.17) is 27.2 Å². The van der Waals surface area contributed by atoms with Crippen molar-refractivity contribution in [1.82, 2.24) is 9.55 Å². The number of methoxy groups -OCH3 is 1. The van der Waals surface area contributed by atoms with E-state index in [1.807, 2.05) is 0 Å². The van der Waals surface area contributed by atoms with Gasteiger partial charge in [0.05, 0.1) is 11.5 Å². The van der Waals surface area contributed by atoms with Crippen molar-refractivity contribution in [2.75, 3.05) is 13.7 Å². The normalized spacial score (nSPS) is 25.5. The van der Waals surface area contributed by atoms with E-state index >= 15 is 0 Å². The van der Waals surface area contributed by atoms with Gasteiger partial charge in [-0.1, -0.05) is 67.5 Å². The van der Waals surface area contributed by atoms with E-state index in [0.29, 0.717) is 0 Å². The van der Waals surface area contributed by atoms with Gasteiger partial charge >= 0.3 is 28.5 Å². The highest BCUT2D eigenvalue weighted by atomic mass is 28.5. The highest BCUT2D eigenvalue weighted by molar-refractivity contribution is 6.84. The molecule has 0 bridgehead atoms. The number of nitro groups is 1. The van der Waals surface area contributed by atoms with Crippen LogP contribution in [0.3, 0.4) is 0 Å². The minimum Gasteiger partial charge on any atom is -0.432 e. The Bertz CT molecular complexity index is 1300. The first-order valence-electron chi connectivity index (χ1n) is 14.5. The zero-order valence-electron chi connectivity index (χ0n) is 25.8. The maximum Gasteiger partial charge on any atom is 0.353 e. The van der Waals surface area contributed by atoms with E-state index < -0.39 is 52.3 Å². The first kappa shape index (κ1) is 32.4. The molecular formula is C28H43N3O9Si2. The maximum atomic E-state index is 13.3. The fourth-order valence-electron chi connectivity index (χ4n) is 6.05. The van der Waals surface area contributed by atoms with Crippen LogP contribution in [0.25, 0.3) is 0 Å². The Morgan fingerprint density at radius 2 is 1.62 bits per heavy atom. The van der Waals surface area contributed by atoms with Crippen molar-refractivity contribution in [3.05, 3.63) is 57.1 Å². The molecular weight excluding hydrogens is 578 g/mol. The molecule has 2 aliphatic heterocycles. The number of para-hydroxylation sites is 2. The molecule has 1 aromatic carbocycles. The maximum absolute atomic E-state index is 13.3. The summed E-state index contributed by atoms with van der Waals surface area (Å²) in [6, 6.07) is 7.36. The lowest BCUT2D eigenvalue weighted by molar-refractivity contribution is -0.385. The Morgan fingerprint density at radius 1 is 1.00 bits per heavy atom. The molecule has 0 amide bonds. The van der Waals surface area contributed by atoms with Crippen molar-refractivity contribution in [3.63, 3.8) is 0 Å². The lowest BCUT2D eigenvalue weighted by Crippen LogP contribution is -2.65. The van der Waals surface area contributed by atoms with Crippen LogP contribution in [0.1, 0.15) is 61.6 Å². The molecule has 3 heterocycles. The molecule has 42 heavy (non-hydrogen) atoms. The summed E-state index contributed by atoms with van der Waals surface area (Å²) in [6.45, 7) is 17.4. The first-order valence-corrected chi connectivity index (χ1v) is 18.4. The minimum absolute atomic E-state index is 0.0188. The summed E-state index contributed by atoms with van der Waals surface area (Å²) < 4.78 is 40.5. The zero-order valence-corrected chi connectivity index (χ0v) is 27.8. The van der Waals surface area contributed by atoms with Crippen LogP contribution in [0.15, 0.2) is 41.3 Å². The molecule has 12 nitrogen and oxygen atoms in total. The van der Waals surface area contributed by atoms with Gasteiger partial charge in [0.15, 0.2) is 6.23 Å². The number of fused-ring (bicyclic) bond motifs is 1. The molecule has 4 rings (SSSR count). The van der Waals surface area contributed by atoms with Crippen molar-refractivity contribution < 1.29 is 32.1 Å². The fourth-order valence-corrected chi connectivity index (χ4v) is 17.3. The van der Waals surface area contributed by atoms with E-state index in [9.17, 15) is 14.9 Å². The Labute approximate surface area is 248 Å². The summed E-state index contributed by atoms with van der Waals surface area (Å²) in [4.78, 5) is 28.1. The molecule has 1 aromatic heterocycles. The fraction of sp³-hybridized carbons (Fsp3) is 0.643. The molecule has 0 spiro atoms.